The number of amides is 2. The van der Waals surface area contributed by atoms with Crippen LogP contribution in [0.5, 0.6) is 0 Å². The van der Waals surface area contributed by atoms with E-state index in [2.05, 4.69) is 10.6 Å². The lowest BCUT2D eigenvalue weighted by molar-refractivity contribution is -0.149. The summed E-state index contributed by atoms with van der Waals surface area (Å²) in [7, 11) is 3.92. The Balaban J connectivity index is 2.35. The summed E-state index contributed by atoms with van der Waals surface area (Å²) in [6, 6.07) is 6.88. The maximum absolute atomic E-state index is 12.9. The van der Waals surface area contributed by atoms with Gasteiger partial charge in [-0.15, -0.1) is 0 Å². The zero-order valence-electron chi connectivity index (χ0n) is 16.6. The summed E-state index contributed by atoms with van der Waals surface area (Å²) in [6.45, 7) is 9.65. The number of nitrogens with one attached hydrogen (secondary N) is 2. The van der Waals surface area contributed by atoms with Gasteiger partial charge >= 0.3 is 12.0 Å². The Morgan fingerprint density at radius 1 is 1.19 bits per heavy atom. The van der Waals surface area contributed by atoms with E-state index in [0.717, 1.165) is 11.3 Å². The molecule has 1 aromatic carbocycles. The molecule has 2 rings (SSSR count). The number of ether oxygens (including phenoxy) is 1. The van der Waals surface area contributed by atoms with Crippen LogP contribution in [0, 0.1) is 5.41 Å². The number of nitrogens with zero attached hydrogens (tertiary/aromatic N) is 1. The molecule has 0 aliphatic carbocycles. The molecule has 1 aliphatic rings. The van der Waals surface area contributed by atoms with E-state index in [1.54, 1.807) is 6.92 Å². The number of carbonyl (C=O) groups excluding carboxylic acids is 2. The van der Waals surface area contributed by atoms with Gasteiger partial charge in [0.05, 0.1) is 11.6 Å². The van der Waals surface area contributed by atoms with Crippen LogP contribution < -0.4 is 15.5 Å². The molecule has 1 aromatic rings. The molecule has 0 saturated carbocycles. The van der Waals surface area contributed by atoms with Crippen molar-refractivity contribution in [3.63, 3.8) is 0 Å². The molecule has 1 aliphatic heterocycles. The first-order valence-corrected chi connectivity index (χ1v) is 8.77. The third-order valence-electron chi connectivity index (χ3n) is 4.74. The number of allylic oxidation sites excluding steroid dienone is 1. The molecule has 2 N–H and O–H groups in total. The van der Waals surface area contributed by atoms with Crippen molar-refractivity contribution in [2.24, 2.45) is 5.41 Å². The Hall–Kier alpha value is -2.50. The lowest BCUT2D eigenvalue weighted by atomic mass is 9.90. The minimum atomic E-state index is -0.542. The molecule has 1 heterocycles. The van der Waals surface area contributed by atoms with Gasteiger partial charge in [-0.05, 0) is 37.0 Å². The van der Waals surface area contributed by atoms with Crippen molar-refractivity contribution in [1.29, 1.82) is 0 Å². The van der Waals surface area contributed by atoms with E-state index in [1.165, 1.54) is 0 Å². The molecule has 0 saturated heterocycles. The van der Waals surface area contributed by atoms with Crippen molar-refractivity contribution in [3.8, 4) is 0 Å². The predicted molar refractivity (Wildman–Crippen MR) is 103 cm³/mol. The molecule has 142 valence electrons. The average molecular weight is 359 g/mol. The second-order valence-electron chi connectivity index (χ2n) is 7.97. The van der Waals surface area contributed by atoms with Gasteiger partial charge in [0.25, 0.3) is 0 Å². The average Bonchev–Trinajstić information content (AvgIpc) is 2.53. The Kier molecular flexibility index (Phi) is 5.64. The molecule has 6 heteroatoms. The van der Waals surface area contributed by atoms with Gasteiger partial charge in [0.1, 0.15) is 6.10 Å². The number of urea groups is 1. The van der Waals surface area contributed by atoms with E-state index in [0.29, 0.717) is 11.3 Å². The molecule has 0 aromatic heterocycles. The molecule has 26 heavy (non-hydrogen) atoms. The second-order valence-corrected chi connectivity index (χ2v) is 7.97. The molecule has 0 bridgehead atoms. The molecular weight excluding hydrogens is 330 g/mol. The number of hydrogen-bond acceptors (Lipinski definition) is 4. The highest BCUT2D eigenvalue weighted by Gasteiger charge is 2.34. The normalized spacial score (nSPS) is 18.7. The lowest BCUT2D eigenvalue weighted by Crippen LogP contribution is -2.46. The Morgan fingerprint density at radius 3 is 2.27 bits per heavy atom. The van der Waals surface area contributed by atoms with Gasteiger partial charge in [-0.1, -0.05) is 32.9 Å². The van der Waals surface area contributed by atoms with E-state index in [1.807, 2.05) is 71.0 Å². The monoisotopic (exact) mass is 359 g/mol. The highest BCUT2D eigenvalue weighted by Crippen LogP contribution is 2.30. The van der Waals surface area contributed by atoms with Crippen LogP contribution in [-0.2, 0) is 9.53 Å². The van der Waals surface area contributed by atoms with Crippen LogP contribution in [0.15, 0.2) is 35.5 Å². The number of benzene rings is 1. The minimum absolute atomic E-state index is 0.168. The number of esters is 1. The SMILES string of the molecule is CC1=C(C(=O)OC(C)C(C)(C)C)C(c2ccc(N(C)C)cc2)NC(=O)N1. The number of rotatable bonds is 4. The molecule has 2 atom stereocenters. The predicted octanol–water partition coefficient (Wildman–Crippen LogP) is 3.36. The number of carbonyl (C=O) groups is 2. The molecule has 0 fully saturated rings. The zero-order valence-corrected chi connectivity index (χ0v) is 16.6. The van der Waals surface area contributed by atoms with Crippen molar-refractivity contribution in [1.82, 2.24) is 10.6 Å². The van der Waals surface area contributed by atoms with Crippen LogP contribution in [0.3, 0.4) is 0 Å². The van der Waals surface area contributed by atoms with Crippen LogP contribution >= 0.6 is 0 Å². The van der Waals surface area contributed by atoms with E-state index in [9.17, 15) is 9.59 Å². The van der Waals surface area contributed by atoms with Crippen molar-refractivity contribution in [2.45, 2.75) is 46.8 Å². The third-order valence-corrected chi connectivity index (χ3v) is 4.74. The molecule has 2 amide bonds. The fraction of sp³-hybridized carbons (Fsp3) is 0.500. The molecule has 6 nitrogen and oxygen atoms in total. The van der Waals surface area contributed by atoms with E-state index in [4.69, 9.17) is 4.74 Å². The van der Waals surface area contributed by atoms with Crippen LogP contribution in [0.2, 0.25) is 0 Å². The van der Waals surface area contributed by atoms with Crippen LogP contribution in [0.25, 0.3) is 0 Å². The van der Waals surface area contributed by atoms with Crippen LogP contribution in [0.1, 0.15) is 46.2 Å². The maximum atomic E-state index is 12.9. The van der Waals surface area contributed by atoms with Crippen molar-refractivity contribution in [3.05, 3.63) is 41.1 Å². The first-order chi connectivity index (χ1) is 12.0. The molecule has 0 radical (unpaired) electrons. The van der Waals surface area contributed by atoms with Gasteiger partial charge in [0.2, 0.25) is 0 Å². The van der Waals surface area contributed by atoms with E-state index >= 15 is 0 Å². The summed E-state index contributed by atoms with van der Waals surface area (Å²) < 4.78 is 5.68. The molecular formula is C20H29N3O3. The topological polar surface area (TPSA) is 70.7 Å². The van der Waals surface area contributed by atoms with E-state index < -0.39 is 12.0 Å². The van der Waals surface area contributed by atoms with Crippen LogP contribution in [0.4, 0.5) is 10.5 Å². The smallest absolute Gasteiger partial charge is 0.338 e. The number of hydrogen-bond donors (Lipinski definition) is 2. The summed E-state index contributed by atoms with van der Waals surface area (Å²) in [5.41, 5.74) is 2.65. The Bertz CT molecular complexity index is 715. The summed E-state index contributed by atoms with van der Waals surface area (Å²) >= 11 is 0. The summed E-state index contributed by atoms with van der Waals surface area (Å²) in [6.07, 6.45) is -0.260. The largest absolute Gasteiger partial charge is 0.459 e. The van der Waals surface area contributed by atoms with Crippen molar-refractivity contribution in [2.75, 3.05) is 19.0 Å². The Morgan fingerprint density at radius 2 is 1.77 bits per heavy atom. The molecule has 0 spiro atoms. The van der Waals surface area contributed by atoms with Crippen LogP contribution in [-0.4, -0.2) is 32.2 Å². The van der Waals surface area contributed by atoms with Gasteiger partial charge in [-0.25, -0.2) is 9.59 Å². The first kappa shape index (κ1) is 19.8. The van der Waals surface area contributed by atoms with Gasteiger partial charge in [-0.2, -0.15) is 0 Å². The van der Waals surface area contributed by atoms with Gasteiger partial charge in [-0.3, -0.25) is 0 Å². The Labute approximate surface area is 155 Å². The van der Waals surface area contributed by atoms with Gasteiger partial charge in [0, 0.05) is 25.5 Å². The van der Waals surface area contributed by atoms with Crippen molar-refractivity contribution < 1.29 is 14.3 Å². The standard InChI is InChI=1S/C20H29N3O3/c1-12-16(18(24)26-13(2)20(3,4)5)17(22-19(25)21-12)14-8-10-15(11-9-14)23(6)7/h8-11,13,17H,1-7H3,(H2,21,22,25). The zero-order chi connectivity index (χ0) is 19.6. The fourth-order valence-electron chi connectivity index (χ4n) is 2.58. The molecule has 2 unspecified atom stereocenters. The van der Waals surface area contributed by atoms with Gasteiger partial charge < -0.3 is 20.3 Å². The first-order valence-electron chi connectivity index (χ1n) is 8.77. The second kappa shape index (κ2) is 7.40. The lowest BCUT2D eigenvalue weighted by Gasteiger charge is -2.31. The summed E-state index contributed by atoms with van der Waals surface area (Å²) in [5, 5.41) is 5.50. The third kappa shape index (κ3) is 4.36. The quantitative estimate of drug-likeness (QED) is 0.809. The minimum Gasteiger partial charge on any atom is -0.459 e. The highest BCUT2D eigenvalue weighted by atomic mass is 16.5. The fourth-order valence-corrected chi connectivity index (χ4v) is 2.58. The summed E-state index contributed by atoms with van der Waals surface area (Å²) in [5.74, 6) is -0.417. The highest BCUT2D eigenvalue weighted by molar-refractivity contribution is 5.95. The number of anilines is 1. The summed E-state index contributed by atoms with van der Waals surface area (Å²) in [4.78, 5) is 26.8. The van der Waals surface area contributed by atoms with Gasteiger partial charge in [0.15, 0.2) is 0 Å². The van der Waals surface area contributed by atoms with E-state index in [-0.39, 0.29) is 17.6 Å². The maximum Gasteiger partial charge on any atom is 0.338 e. The van der Waals surface area contributed by atoms with Crippen molar-refractivity contribution >= 4 is 17.7 Å².